The molecule has 0 fully saturated rings. The van der Waals surface area contributed by atoms with Crippen molar-refractivity contribution in [3.63, 3.8) is 0 Å². The largest absolute Gasteiger partial charge is 0.391 e. The van der Waals surface area contributed by atoms with E-state index < -0.39 is 0 Å². The molecule has 0 amide bonds. The number of halogens is 1. The lowest BCUT2D eigenvalue weighted by molar-refractivity contribution is 0.129. The van der Waals surface area contributed by atoms with Crippen molar-refractivity contribution in [3.05, 3.63) is 71.0 Å². The third-order valence-electron chi connectivity index (χ3n) is 2.53. The van der Waals surface area contributed by atoms with Gasteiger partial charge < -0.3 is 4.84 Å². The van der Waals surface area contributed by atoms with E-state index in [-0.39, 0.29) is 12.4 Å². The fraction of sp³-hybridized carbons (Fsp3) is 0.0667. The van der Waals surface area contributed by atoms with Gasteiger partial charge in [-0.05, 0) is 12.1 Å². The molecule has 19 heavy (non-hydrogen) atoms. The van der Waals surface area contributed by atoms with Crippen LogP contribution in [0.4, 0.5) is 4.39 Å². The van der Waals surface area contributed by atoms with Gasteiger partial charge in [-0.25, -0.2) is 4.39 Å². The fourth-order valence-electron chi connectivity index (χ4n) is 1.53. The molecule has 0 saturated carbocycles. The van der Waals surface area contributed by atoms with Gasteiger partial charge in [0.05, 0.1) is 17.8 Å². The predicted molar refractivity (Wildman–Crippen MR) is 69.9 cm³/mol. The molecule has 0 saturated heterocycles. The minimum absolute atomic E-state index is 0.0535. The van der Waals surface area contributed by atoms with Crippen molar-refractivity contribution in [1.82, 2.24) is 0 Å². The number of nitriles is 1. The number of benzene rings is 2. The van der Waals surface area contributed by atoms with Crippen molar-refractivity contribution >= 4 is 6.21 Å². The minimum atomic E-state index is -0.324. The van der Waals surface area contributed by atoms with Crippen LogP contribution in [0.25, 0.3) is 0 Å². The molecule has 0 bridgehead atoms. The second kappa shape index (κ2) is 6.31. The molecule has 0 aliphatic carbocycles. The molecule has 94 valence electrons. The van der Waals surface area contributed by atoms with E-state index in [1.807, 2.05) is 0 Å². The quantitative estimate of drug-likeness (QED) is 0.621. The van der Waals surface area contributed by atoms with Crippen molar-refractivity contribution in [2.24, 2.45) is 5.16 Å². The van der Waals surface area contributed by atoms with Crippen LogP contribution in [0.1, 0.15) is 16.7 Å². The van der Waals surface area contributed by atoms with E-state index in [9.17, 15) is 4.39 Å². The number of oxime groups is 1. The highest BCUT2D eigenvalue weighted by atomic mass is 19.1. The Hall–Kier alpha value is -2.67. The van der Waals surface area contributed by atoms with E-state index in [1.165, 1.54) is 12.3 Å². The van der Waals surface area contributed by atoms with Crippen LogP contribution in [0, 0.1) is 17.1 Å². The Labute approximate surface area is 110 Å². The SMILES string of the molecule is N#Cc1ccccc1C=NOCc1ccccc1F. The summed E-state index contributed by atoms with van der Waals surface area (Å²) in [7, 11) is 0. The third-order valence-corrected chi connectivity index (χ3v) is 2.53. The summed E-state index contributed by atoms with van der Waals surface area (Å²) in [5, 5.41) is 12.6. The molecule has 3 nitrogen and oxygen atoms in total. The first-order chi connectivity index (χ1) is 9.31. The Morgan fingerprint density at radius 1 is 1.16 bits per heavy atom. The van der Waals surface area contributed by atoms with Gasteiger partial charge in [0.25, 0.3) is 0 Å². The number of rotatable bonds is 4. The summed E-state index contributed by atoms with van der Waals surface area (Å²) in [5.74, 6) is -0.324. The van der Waals surface area contributed by atoms with Crippen molar-refractivity contribution in [1.29, 1.82) is 5.26 Å². The topological polar surface area (TPSA) is 45.4 Å². The number of nitrogens with zero attached hydrogens (tertiary/aromatic N) is 2. The molecule has 0 unspecified atom stereocenters. The molecule has 0 N–H and O–H groups in total. The third kappa shape index (κ3) is 3.39. The Morgan fingerprint density at radius 3 is 2.68 bits per heavy atom. The van der Waals surface area contributed by atoms with E-state index in [1.54, 1.807) is 42.5 Å². The molecule has 2 aromatic rings. The van der Waals surface area contributed by atoms with Gasteiger partial charge in [-0.15, -0.1) is 0 Å². The summed E-state index contributed by atoms with van der Waals surface area (Å²) in [4.78, 5) is 5.02. The van der Waals surface area contributed by atoms with Gasteiger partial charge in [-0.1, -0.05) is 41.6 Å². The van der Waals surface area contributed by atoms with Crippen LogP contribution < -0.4 is 0 Å². The maximum atomic E-state index is 13.3. The first-order valence-corrected chi connectivity index (χ1v) is 5.69. The minimum Gasteiger partial charge on any atom is -0.391 e. The van der Waals surface area contributed by atoms with Crippen LogP contribution in [0.5, 0.6) is 0 Å². The summed E-state index contributed by atoms with van der Waals surface area (Å²) in [5.41, 5.74) is 1.62. The van der Waals surface area contributed by atoms with Crippen LogP contribution in [-0.4, -0.2) is 6.21 Å². The molecule has 2 rings (SSSR count). The van der Waals surface area contributed by atoms with Gasteiger partial charge in [0.2, 0.25) is 0 Å². The van der Waals surface area contributed by atoms with E-state index in [4.69, 9.17) is 10.1 Å². The van der Waals surface area contributed by atoms with Gasteiger partial charge >= 0.3 is 0 Å². The average molecular weight is 254 g/mol. The van der Waals surface area contributed by atoms with Crippen LogP contribution in [0.3, 0.4) is 0 Å². The highest BCUT2D eigenvalue weighted by Gasteiger charge is 2.00. The lowest BCUT2D eigenvalue weighted by atomic mass is 10.1. The van der Waals surface area contributed by atoms with Crippen molar-refractivity contribution in [2.45, 2.75) is 6.61 Å². The fourth-order valence-corrected chi connectivity index (χ4v) is 1.53. The molecule has 0 atom stereocenters. The van der Waals surface area contributed by atoms with Crippen LogP contribution in [0.15, 0.2) is 53.7 Å². The molecule has 0 aliphatic heterocycles. The second-order valence-corrected chi connectivity index (χ2v) is 3.80. The molecular weight excluding hydrogens is 243 g/mol. The zero-order valence-corrected chi connectivity index (χ0v) is 10.1. The molecule has 4 heteroatoms. The molecule has 2 aromatic carbocycles. The Balaban J connectivity index is 1.98. The monoisotopic (exact) mass is 254 g/mol. The molecule has 0 radical (unpaired) electrons. The van der Waals surface area contributed by atoms with E-state index in [2.05, 4.69) is 11.2 Å². The van der Waals surface area contributed by atoms with Crippen LogP contribution in [-0.2, 0) is 11.4 Å². The highest BCUT2D eigenvalue weighted by Crippen LogP contribution is 2.08. The Morgan fingerprint density at radius 2 is 1.89 bits per heavy atom. The molecule has 0 heterocycles. The predicted octanol–water partition coefficient (Wildman–Crippen LogP) is 3.25. The summed E-state index contributed by atoms with van der Waals surface area (Å²) in [6.45, 7) is 0.0535. The zero-order chi connectivity index (χ0) is 13.5. The first-order valence-electron chi connectivity index (χ1n) is 5.69. The lowest BCUT2D eigenvalue weighted by Crippen LogP contribution is -1.93. The van der Waals surface area contributed by atoms with E-state index >= 15 is 0 Å². The van der Waals surface area contributed by atoms with Gasteiger partial charge in [0, 0.05) is 11.1 Å². The second-order valence-electron chi connectivity index (χ2n) is 3.80. The van der Waals surface area contributed by atoms with Crippen molar-refractivity contribution in [2.75, 3.05) is 0 Å². The number of hydrogen-bond acceptors (Lipinski definition) is 3. The summed E-state index contributed by atoms with van der Waals surface area (Å²) >= 11 is 0. The van der Waals surface area contributed by atoms with Crippen molar-refractivity contribution in [3.8, 4) is 6.07 Å². The zero-order valence-electron chi connectivity index (χ0n) is 10.1. The molecule has 0 aromatic heterocycles. The maximum Gasteiger partial charge on any atom is 0.145 e. The van der Waals surface area contributed by atoms with Crippen LogP contribution in [0.2, 0.25) is 0 Å². The molecule has 0 spiro atoms. The molecular formula is C15H11FN2O. The first kappa shape index (κ1) is 12.8. The summed E-state index contributed by atoms with van der Waals surface area (Å²) in [6.07, 6.45) is 1.44. The standard InChI is InChI=1S/C15H11FN2O/c16-15-8-4-3-7-14(15)11-19-18-10-13-6-2-1-5-12(13)9-17/h1-8,10H,11H2. The molecule has 0 aliphatic rings. The smallest absolute Gasteiger partial charge is 0.145 e. The summed E-state index contributed by atoms with van der Waals surface area (Å²) in [6, 6.07) is 15.4. The van der Waals surface area contributed by atoms with E-state index in [0.717, 1.165) is 0 Å². The maximum absolute atomic E-state index is 13.3. The average Bonchev–Trinajstić information content (AvgIpc) is 2.45. The van der Waals surface area contributed by atoms with Gasteiger partial charge in [-0.3, -0.25) is 0 Å². The highest BCUT2D eigenvalue weighted by molar-refractivity contribution is 5.82. The Kier molecular flexibility index (Phi) is 4.25. The van der Waals surface area contributed by atoms with E-state index in [0.29, 0.717) is 16.7 Å². The summed E-state index contributed by atoms with van der Waals surface area (Å²) < 4.78 is 13.3. The van der Waals surface area contributed by atoms with Crippen molar-refractivity contribution < 1.29 is 9.23 Å². The van der Waals surface area contributed by atoms with Gasteiger partial charge in [0.1, 0.15) is 12.4 Å². The lowest BCUT2D eigenvalue weighted by Gasteiger charge is -2.01. The van der Waals surface area contributed by atoms with Gasteiger partial charge in [0.15, 0.2) is 0 Å². The van der Waals surface area contributed by atoms with Gasteiger partial charge in [-0.2, -0.15) is 5.26 Å². The number of hydrogen-bond donors (Lipinski definition) is 0. The Bertz CT molecular complexity index is 632. The normalized spacial score (nSPS) is 10.3. The van der Waals surface area contributed by atoms with Crippen LogP contribution >= 0.6 is 0 Å².